The van der Waals surface area contributed by atoms with Gasteiger partial charge in [0.25, 0.3) is 5.91 Å². The van der Waals surface area contributed by atoms with Crippen LogP contribution in [0.2, 0.25) is 5.02 Å². The first-order valence-electron chi connectivity index (χ1n) is 8.39. The summed E-state index contributed by atoms with van der Waals surface area (Å²) in [7, 11) is -3.60. The Bertz CT molecular complexity index is 793. The standard InChI is InChI=1S/C17H21ClN2O4S/c1-12-4-2-3-9-17(12)15(21)20(16(22)19-17)10-11-25(23,24)14-7-5-13(18)6-8-14/h5-8,12H,2-4,9-11H2,1H3,(H,19,22). The summed E-state index contributed by atoms with van der Waals surface area (Å²) >= 11 is 5.78. The van der Waals surface area contributed by atoms with Crippen LogP contribution in [0.15, 0.2) is 29.2 Å². The van der Waals surface area contributed by atoms with E-state index in [1.165, 1.54) is 24.3 Å². The number of nitrogens with one attached hydrogen (secondary N) is 1. The van der Waals surface area contributed by atoms with E-state index in [4.69, 9.17) is 11.6 Å². The number of carbonyl (C=O) groups excluding carboxylic acids is 2. The molecule has 25 heavy (non-hydrogen) atoms. The molecule has 2 atom stereocenters. The molecule has 1 aliphatic heterocycles. The number of hydrogen-bond donors (Lipinski definition) is 1. The minimum absolute atomic E-state index is 0.0515. The molecular formula is C17H21ClN2O4S. The summed E-state index contributed by atoms with van der Waals surface area (Å²) in [6.45, 7) is 1.81. The van der Waals surface area contributed by atoms with Crippen molar-refractivity contribution in [3.63, 3.8) is 0 Å². The summed E-state index contributed by atoms with van der Waals surface area (Å²) in [5.41, 5.74) is -0.862. The maximum Gasteiger partial charge on any atom is 0.325 e. The Balaban J connectivity index is 1.74. The number of nitrogens with zero attached hydrogens (tertiary/aromatic N) is 1. The van der Waals surface area contributed by atoms with E-state index >= 15 is 0 Å². The van der Waals surface area contributed by atoms with Crippen molar-refractivity contribution >= 4 is 33.4 Å². The van der Waals surface area contributed by atoms with E-state index in [-0.39, 0.29) is 29.0 Å². The van der Waals surface area contributed by atoms with Gasteiger partial charge in [0.15, 0.2) is 9.84 Å². The van der Waals surface area contributed by atoms with Gasteiger partial charge in [-0.15, -0.1) is 0 Å². The van der Waals surface area contributed by atoms with Crippen LogP contribution in [0.3, 0.4) is 0 Å². The molecule has 8 heteroatoms. The molecule has 3 rings (SSSR count). The van der Waals surface area contributed by atoms with Gasteiger partial charge < -0.3 is 5.32 Å². The van der Waals surface area contributed by atoms with E-state index < -0.39 is 21.4 Å². The maximum atomic E-state index is 12.8. The zero-order valence-corrected chi connectivity index (χ0v) is 15.6. The molecule has 1 aromatic carbocycles. The van der Waals surface area contributed by atoms with Crippen LogP contribution in [0.5, 0.6) is 0 Å². The van der Waals surface area contributed by atoms with Gasteiger partial charge in [0.05, 0.1) is 10.6 Å². The number of rotatable bonds is 4. The van der Waals surface area contributed by atoms with Gasteiger partial charge in [0, 0.05) is 11.6 Å². The quantitative estimate of drug-likeness (QED) is 0.809. The lowest BCUT2D eigenvalue weighted by Gasteiger charge is -2.36. The first-order valence-corrected chi connectivity index (χ1v) is 10.4. The third-order valence-electron chi connectivity index (χ3n) is 5.26. The van der Waals surface area contributed by atoms with E-state index in [1.54, 1.807) is 0 Å². The Morgan fingerprint density at radius 2 is 1.92 bits per heavy atom. The largest absolute Gasteiger partial charge is 0.325 e. The third-order valence-corrected chi connectivity index (χ3v) is 7.22. The fraction of sp³-hybridized carbons (Fsp3) is 0.529. The first-order chi connectivity index (χ1) is 11.8. The second-order valence-electron chi connectivity index (χ2n) is 6.78. The van der Waals surface area contributed by atoms with Gasteiger partial charge in [-0.1, -0.05) is 31.4 Å². The van der Waals surface area contributed by atoms with Gasteiger partial charge in [-0.3, -0.25) is 9.69 Å². The normalized spacial score (nSPS) is 27.0. The van der Waals surface area contributed by atoms with Crippen LogP contribution in [0.25, 0.3) is 0 Å². The number of amides is 3. The van der Waals surface area contributed by atoms with Crippen molar-refractivity contribution in [2.24, 2.45) is 5.92 Å². The molecule has 1 saturated carbocycles. The van der Waals surface area contributed by atoms with Crippen LogP contribution >= 0.6 is 11.6 Å². The average molecular weight is 385 g/mol. The minimum atomic E-state index is -3.60. The van der Waals surface area contributed by atoms with Crippen LogP contribution in [0.4, 0.5) is 4.79 Å². The van der Waals surface area contributed by atoms with Gasteiger partial charge in [0.2, 0.25) is 0 Å². The van der Waals surface area contributed by atoms with E-state index in [1.807, 2.05) is 6.92 Å². The number of urea groups is 1. The highest BCUT2D eigenvalue weighted by Crippen LogP contribution is 2.38. The molecule has 0 aromatic heterocycles. The summed E-state index contributed by atoms with van der Waals surface area (Å²) < 4.78 is 24.9. The van der Waals surface area contributed by atoms with Gasteiger partial charge in [0.1, 0.15) is 5.54 Å². The summed E-state index contributed by atoms with van der Waals surface area (Å²) in [5, 5.41) is 3.27. The molecule has 2 unspecified atom stereocenters. The lowest BCUT2D eigenvalue weighted by atomic mass is 9.73. The van der Waals surface area contributed by atoms with Crippen molar-refractivity contribution in [1.82, 2.24) is 10.2 Å². The van der Waals surface area contributed by atoms with Gasteiger partial charge in [-0.25, -0.2) is 13.2 Å². The predicted molar refractivity (Wildman–Crippen MR) is 94.1 cm³/mol. The van der Waals surface area contributed by atoms with Crippen molar-refractivity contribution in [3.8, 4) is 0 Å². The average Bonchev–Trinajstić information content (AvgIpc) is 2.80. The summed E-state index contributed by atoms with van der Waals surface area (Å²) in [6, 6.07) is 5.36. The third kappa shape index (κ3) is 3.27. The van der Waals surface area contributed by atoms with Crippen LogP contribution < -0.4 is 5.32 Å². The molecule has 1 aliphatic carbocycles. The van der Waals surface area contributed by atoms with Crippen LogP contribution in [0, 0.1) is 5.92 Å². The van der Waals surface area contributed by atoms with Crippen LogP contribution in [-0.4, -0.2) is 43.1 Å². The lowest BCUT2D eigenvalue weighted by Crippen LogP contribution is -2.54. The smallest absolute Gasteiger partial charge is 0.323 e. The fourth-order valence-electron chi connectivity index (χ4n) is 3.67. The highest BCUT2D eigenvalue weighted by atomic mass is 35.5. The maximum absolute atomic E-state index is 12.8. The Hall–Kier alpha value is -1.60. The Labute approximate surface area is 152 Å². The van der Waals surface area contributed by atoms with E-state index in [0.29, 0.717) is 11.4 Å². The predicted octanol–water partition coefficient (Wildman–Crippen LogP) is 2.61. The number of benzene rings is 1. The Morgan fingerprint density at radius 3 is 2.56 bits per heavy atom. The highest BCUT2D eigenvalue weighted by molar-refractivity contribution is 7.91. The number of carbonyl (C=O) groups is 2. The zero-order valence-electron chi connectivity index (χ0n) is 14.0. The summed E-state index contributed by atoms with van der Waals surface area (Å²) in [5.74, 6) is -0.551. The molecule has 6 nitrogen and oxygen atoms in total. The Kier molecular flexibility index (Phi) is 4.81. The summed E-state index contributed by atoms with van der Waals surface area (Å²) in [6.07, 6.45) is 3.41. The highest BCUT2D eigenvalue weighted by Gasteiger charge is 2.54. The number of halogens is 1. The molecule has 0 bridgehead atoms. The number of hydrogen-bond acceptors (Lipinski definition) is 4. The molecule has 1 aromatic rings. The monoisotopic (exact) mass is 384 g/mol. The van der Waals surface area contributed by atoms with Crippen molar-refractivity contribution in [2.75, 3.05) is 12.3 Å². The molecule has 136 valence electrons. The first kappa shape index (κ1) is 18.2. The van der Waals surface area contributed by atoms with Crippen LogP contribution in [-0.2, 0) is 14.6 Å². The molecule has 2 fully saturated rings. The topological polar surface area (TPSA) is 83.6 Å². The molecular weight excluding hydrogens is 364 g/mol. The molecule has 1 saturated heterocycles. The molecule has 1 heterocycles. The number of sulfone groups is 1. The second-order valence-corrected chi connectivity index (χ2v) is 9.32. The molecule has 2 aliphatic rings. The van der Waals surface area contributed by atoms with Crippen molar-refractivity contribution < 1.29 is 18.0 Å². The van der Waals surface area contributed by atoms with E-state index in [0.717, 1.165) is 24.2 Å². The van der Waals surface area contributed by atoms with Crippen molar-refractivity contribution in [3.05, 3.63) is 29.3 Å². The fourth-order valence-corrected chi connectivity index (χ4v) is 5.01. The van der Waals surface area contributed by atoms with E-state index in [9.17, 15) is 18.0 Å². The van der Waals surface area contributed by atoms with Crippen LogP contribution in [0.1, 0.15) is 32.6 Å². The lowest BCUT2D eigenvalue weighted by molar-refractivity contribution is -0.134. The van der Waals surface area contributed by atoms with Gasteiger partial charge >= 0.3 is 6.03 Å². The second kappa shape index (κ2) is 6.61. The van der Waals surface area contributed by atoms with Crippen molar-refractivity contribution in [1.29, 1.82) is 0 Å². The SMILES string of the molecule is CC1CCCCC12NC(=O)N(CCS(=O)(=O)c1ccc(Cl)cc1)C2=O. The number of imide groups is 1. The molecule has 3 amide bonds. The van der Waals surface area contributed by atoms with Crippen molar-refractivity contribution in [2.45, 2.75) is 43.0 Å². The summed E-state index contributed by atoms with van der Waals surface area (Å²) in [4.78, 5) is 26.3. The Morgan fingerprint density at radius 1 is 1.24 bits per heavy atom. The van der Waals surface area contributed by atoms with Gasteiger partial charge in [-0.05, 0) is 43.0 Å². The minimum Gasteiger partial charge on any atom is -0.323 e. The van der Waals surface area contributed by atoms with Gasteiger partial charge in [-0.2, -0.15) is 0 Å². The molecule has 1 N–H and O–H groups in total. The van der Waals surface area contributed by atoms with E-state index in [2.05, 4.69) is 5.32 Å². The molecule has 1 spiro atoms. The zero-order chi connectivity index (χ0) is 18.2. The molecule has 0 radical (unpaired) electrons.